The minimum Gasteiger partial charge on any atom is -0.454 e. The molecule has 0 saturated carbocycles. The molecule has 0 bridgehead atoms. The number of ether oxygens (including phenoxy) is 2. The fraction of sp³-hybridized carbons (Fsp3) is 0.211. The highest BCUT2D eigenvalue weighted by atomic mass is 79.9. The molecule has 1 amide bonds. The second-order valence-corrected chi connectivity index (χ2v) is 7.90. The lowest BCUT2D eigenvalue weighted by atomic mass is 10.1. The Bertz CT molecular complexity index is 883. The number of carbonyl (C=O) groups excluding carboxylic acids is 1. The minimum absolute atomic E-state index is 0.0951. The first kappa shape index (κ1) is 17.3. The number of amides is 1. The van der Waals surface area contributed by atoms with Gasteiger partial charge in [0.05, 0.1) is 4.91 Å². The van der Waals surface area contributed by atoms with E-state index in [-0.39, 0.29) is 18.2 Å². The number of benzene rings is 2. The molecule has 2 aromatic carbocycles. The van der Waals surface area contributed by atoms with Crippen LogP contribution in [0.25, 0.3) is 6.08 Å². The topological polar surface area (TPSA) is 59.6 Å². The van der Waals surface area contributed by atoms with E-state index >= 15 is 0 Å². The molecule has 2 aliphatic rings. The van der Waals surface area contributed by atoms with Crippen molar-refractivity contribution in [2.45, 2.75) is 18.8 Å². The van der Waals surface area contributed by atoms with Crippen LogP contribution >= 0.6 is 27.7 Å². The summed E-state index contributed by atoms with van der Waals surface area (Å²) < 4.78 is 11.6. The van der Waals surface area contributed by atoms with Crippen molar-refractivity contribution in [2.24, 2.45) is 0 Å². The maximum Gasteiger partial charge on any atom is 0.260 e. The third kappa shape index (κ3) is 3.54. The van der Waals surface area contributed by atoms with Crippen molar-refractivity contribution in [1.82, 2.24) is 5.32 Å². The number of carbonyl (C=O) groups is 1. The molecular formula is C19H17BrN2O3S. The molecule has 1 unspecified atom stereocenters. The molecular weight excluding hydrogens is 416 g/mol. The Hall–Kier alpha value is -2.12. The number of thioether (sulfide) groups is 1. The van der Waals surface area contributed by atoms with Gasteiger partial charge in [0.2, 0.25) is 6.79 Å². The lowest BCUT2D eigenvalue weighted by Crippen LogP contribution is -2.30. The number of halogens is 1. The first-order valence-corrected chi connectivity index (χ1v) is 9.93. The zero-order valence-corrected chi connectivity index (χ0v) is 16.4. The van der Waals surface area contributed by atoms with E-state index in [4.69, 9.17) is 9.47 Å². The van der Waals surface area contributed by atoms with Crippen molar-refractivity contribution >= 4 is 45.4 Å². The first-order chi connectivity index (χ1) is 12.6. The van der Waals surface area contributed by atoms with Crippen LogP contribution in [0.1, 0.15) is 18.1 Å². The summed E-state index contributed by atoms with van der Waals surface area (Å²) in [5.41, 5.74) is 2.94. The number of hydrogen-bond donors (Lipinski definition) is 2. The van der Waals surface area contributed by atoms with Crippen molar-refractivity contribution in [1.29, 1.82) is 0 Å². The second kappa shape index (κ2) is 7.25. The summed E-state index contributed by atoms with van der Waals surface area (Å²) in [5.74, 6) is 1.30. The molecule has 2 aromatic rings. The van der Waals surface area contributed by atoms with E-state index in [2.05, 4.69) is 45.6 Å². The van der Waals surface area contributed by atoms with E-state index in [0.29, 0.717) is 16.4 Å². The highest BCUT2D eigenvalue weighted by Gasteiger charge is 2.27. The van der Waals surface area contributed by atoms with Crippen LogP contribution in [-0.4, -0.2) is 18.2 Å². The summed E-state index contributed by atoms with van der Waals surface area (Å²) in [4.78, 5) is 13.0. The van der Waals surface area contributed by atoms with Crippen molar-refractivity contribution in [2.75, 3.05) is 12.1 Å². The lowest BCUT2D eigenvalue weighted by molar-refractivity contribution is -0.116. The molecule has 2 heterocycles. The van der Waals surface area contributed by atoms with Crippen LogP contribution in [-0.2, 0) is 11.2 Å². The van der Waals surface area contributed by atoms with E-state index < -0.39 is 0 Å². The van der Waals surface area contributed by atoms with Gasteiger partial charge in [0.25, 0.3) is 5.91 Å². The van der Waals surface area contributed by atoms with Crippen LogP contribution < -0.4 is 20.1 Å². The molecule has 2 aliphatic heterocycles. The van der Waals surface area contributed by atoms with Gasteiger partial charge >= 0.3 is 0 Å². The molecule has 0 aliphatic carbocycles. The van der Waals surface area contributed by atoms with Crippen LogP contribution in [0.5, 0.6) is 11.5 Å². The van der Waals surface area contributed by atoms with E-state index in [1.54, 1.807) is 0 Å². The first-order valence-electron chi connectivity index (χ1n) is 8.26. The standard InChI is InChI=1S/C19H17BrN2O3S/c1-2-11-3-5-13(6-4-11)21-19-22-18(23)17(26-19)8-12-7-15-16(9-14(12)20)25-10-24-15/h3-9,19,21H,2,10H2,1H3,(H,22,23). The fourth-order valence-corrected chi connectivity index (χ4v) is 4.15. The Morgan fingerprint density at radius 3 is 2.73 bits per heavy atom. The molecule has 4 rings (SSSR count). The second-order valence-electron chi connectivity index (χ2n) is 5.90. The van der Waals surface area contributed by atoms with Crippen molar-refractivity contribution in [3.8, 4) is 11.5 Å². The summed E-state index contributed by atoms with van der Waals surface area (Å²) in [7, 11) is 0. The molecule has 5 nitrogen and oxygen atoms in total. The predicted octanol–water partition coefficient (Wildman–Crippen LogP) is 4.34. The lowest BCUT2D eigenvalue weighted by Gasteiger charge is -2.12. The average molecular weight is 433 g/mol. The Labute approximate surface area is 164 Å². The molecule has 0 spiro atoms. The van der Waals surface area contributed by atoms with E-state index in [9.17, 15) is 4.79 Å². The Morgan fingerprint density at radius 1 is 1.27 bits per heavy atom. The molecule has 2 N–H and O–H groups in total. The van der Waals surface area contributed by atoms with Crippen LogP contribution in [0.4, 0.5) is 5.69 Å². The Kier molecular flexibility index (Phi) is 4.82. The minimum atomic E-state index is -0.200. The highest BCUT2D eigenvalue weighted by molar-refractivity contribution is 9.10. The summed E-state index contributed by atoms with van der Waals surface area (Å²) >= 11 is 4.98. The Balaban J connectivity index is 1.50. The SMILES string of the molecule is CCc1ccc(NC2NC(=O)C(=Cc3cc4c(cc3Br)OCO4)S2)cc1. The molecule has 1 atom stereocenters. The van der Waals surface area contributed by atoms with Gasteiger partial charge in [-0.3, -0.25) is 4.79 Å². The number of fused-ring (bicyclic) bond motifs is 1. The molecule has 7 heteroatoms. The molecule has 0 aromatic heterocycles. The molecule has 26 heavy (non-hydrogen) atoms. The maximum absolute atomic E-state index is 12.3. The van der Waals surface area contributed by atoms with Crippen LogP contribution in [0.3, 0.4) is 0 Å². The predicted molar refractivity (Wildman–Crippen MR) is 107 cm³/mol. The summed E-state index contributed by atoms with van der Waals surface area (Å²) in [6, 6.07) is 12.0. The largest absolute Gasteiger partial charge is 0.454 e. The quantitative estimate of drug-likeness (QED) is 0.703. The third-order valence-corrected chi connectivity index (χ3v) is 5.88. The zero-order chi connectivity index (χ0) is 18.1. The summed E-state index contributed by atoms with van der Waals surface area (Å²) in [6.45, 7) is 2.35. The van der Waals surface area contributed by atoms with Crippen LogP contribution in [0.2, 0.25) is 0 Å². The van der Waals surface area contributed by atoms with Gasteiger partial charge < -0.3 is 20.1 Å². The highest BCUT2D eigenvalue weighted by Crippen LogP contribution is 2.39. The third-order valence-electron chi connectivity index (χ3n) is 4.17. The van der Waals surface area contributed by atoms with Crippen molar-refractivity contribution < 1.29 is 14.3 Å². The van der Waals surface area contributed by atoms with Gasteiger partial charge in [0, 0.05) is 10.2 Å². The van der Waals surface area contributed by atoms with E-state index in [1.807, 2.05) is 30.3 Å². The van der Waals surface area contributed by atoms with Gasteiger partial charge in [-0.15, -0.1) is 0 Å². The average Bonchev–Trinajstić information content (AvgIpc) is 3.22. The van der Waals surface area contributed by atoms with Crippen molar-refractivity contribution in [3.63, 3.8) is 0 Å². The number of aryl methyl sites for hydroxylation is 1. The summed E-state index contributed by atoms with van der Waals surface area (Å²) in [6.07, 6.45) is 2.86. The van der Waals surface area contributed by atoms with Gasteiger partial charge in [0.15, 0.2) is 17.0 Å². The van der Waals surface area contributed by atoms with Gasteiger partial charge in [-0.2, -0.15) is 0 Å². The fourth-order valence-electron chi connectivity index (χ4n) is 2.74. The molecule has 0 radical (unpaired) electrons. The summed E-state index contributed by atoms with van der Waals surface area (Å²) in [5, 5.41) is 6.27. The number of rotatable bonds is 4. The number of hydrogen-bond acceptors (Lipinski definition) is 5. The monoisotopic (exact) mass is 432 g/mol. The molecule has 134 valence electrons. The van der Waals surface area contributed by atoms with Gasteiger partial charge in [0.1, 0.15) is 0 Å². The Morgan fingerprint density at radius 2 is 2.00 bits per heavy atom. The zero-order valence-electron chi connectivity index (χ0n) is 14.0. The van der Waals surface area contributed by atoms with Gasteiger partial charge in [-0.25, -0.2) is 0 Å². The number of anilines is 1. The smallest absolute Gasteiger partial charge is 0.260 e. The van der Waals surface area contributed by atoms with E-state index in [1.165, 1.54) is 17.3 Å². The molecule has 1 fully saturated rings. The van der Waals surface area contributed by atoms with E-state index in [0.717, 1.165) is 22.1 Å². The number of nitrogens with one attached hydrogen (secondary N) is 2. The van der Waals surface area contributed by atoms with Crippen LogP contribution in [0.15, 0.2) is 45.8 Å². The van der Waals surface area contributed by atoms with Crippen LogP contribution in [0, 0.1) is 0 Å². The van der Waals surface area contributed by atoms with Gasteiger partial charge in [-0.1, -0.05) is 46.7 Å². The molecule has 1 saturated heterocycles. The van der Waals surface area contributed by atoms with Gasteiger partial charge in [-0.05, 0) is 47.9 Å². The van der Waals surface area contributed by atoms with Crippen molar-refractivity contribution in [3.05, 3.63) is 56.9 Å². The normalized spacial score (nSPS) is 19.7. The maximum atomic E-state index is 12.3.